The van der Waals surface area contributed by atoms with Crippen LogP contribution in [0.1, 0.15) is 26.6 Å². The molecular weight excluding hydrogens is 262 g/mol. The van der Waals surface area contributed by atoms with Gasteiger partial charge in [0.15, 0.2) is 5.82 Å². The summed E-state index contributed by atoms with van der Waals surface area (Å²) in [6.07, 6.45) is 0. The Morgan fingerprint density at radius 1 is 1.05 bits per heavy atom. The average Bonchev–Trinajstić information content (AvgIpc) is 2.92. The van der Waals surface area contributed by atoms with E-state index in [4.69, 9.17) is 0 Å². The van der Waals surface area contributed by atoms with Crippen molar-refractivity contribution in [1.82, 2.24) is 25.5 Å². The van der Waals surface area contributed by atoms with E-state index >= 15 is 0 Å². The Morgan fingerprint density at radius 2 is 1.81 bits per heavy atom. The first-order chi connectivity index (χ1) is 10.0. The van der Waals surface area contributed by atoms with Crippen LogP contribution in [-0.4, -0.2) is 25.7 Å². The molecule has 0 aliphatic rings. The third-order valence-electron chi connectivity index (χ3n) is 3.29. The molecule has 108 valence electrons. The molecule has 0 radical (unpaired) electrons. The minimum absolute atomic E-state index is 0.0279. The number of aromatic nitrogens is 4. The quantitative estimate of drug-likeness (QED) is 0.802. The maximum atomic E-state index is 4.12. The first kappa shape index (κ1) is 13.7. The van der Waals surface area contributed by atoms with Crippen molar-refractivity contribution in [2.24, 2.45) is 0 Å². The van der Waals surface area contributed by atoms with Gasteiger partial charge in [-0.2, -0.15) is 4.68 Å². The number of hydrogen-bond donors (Lipinski definition) is 1. The minimum Gasteiger partial charge on any atom is -0.305 e. The Morgan fingerprint density at radius 3 is 2.57 bits per heavy atom. The number of nitrogens with zero attached hydrogens (tertiary/aromatic N) is 4. The predicted molar refractivity (Wildman–Crippen MR) is 83.3 cm³/mol. The van der Waals surface area contributed by atoms with Crippen molar-refractivity contribution in [1.29, 1.82) is 0 Å². The summed E-state index contributed by atoms with van der Waals surface area (Å²) in [7, 11) is 0. The lowest BCUT2D eigenvalue weighted by atomic mass is 10.1. The van der Waals surface area contributed by atoms with E-state index in [0.717, 1.165) is 11.5 Å². The summed E-state index contributed by atoms with van der Waals surface area (Å²) in [4.78, 5) is 0. The van der Waals surface area contributed by atoms with E-state index in [0.29, 0.717) is 6.54 Å². The van der Waals surface area contributed by atoms with Crippen molar-refractivity contribution in [2.75, 3.05) is 0 Å². The van der Waals surface area contributed by atoms with Crippen LogP contribution in [0.4, 0.5) is 0 Å². The molecule has 2 aromatic carbocycles. The number of hydrogen-bond acceptors (Lipinski definition) is 4. The lowest BCUT2D eigenvalue weighted by Crippen LogP contribution is -2.35. The summed E-state index contributed by atoms with van der Waals surface area (Å²) >= 11 is 0. The van der Waals surface area contributed by atoms with Crippen molar-refractivity contribution in [2.45, 2.75) is 32.9 Å². The Balaban J connectivity index is 1.94. The number of rotatable bonds is 3. The second-order valence-electron chi connectivity index (χ2n) is 6.14. The van der Waals surface area contributed by atoms with Gasteiger partial charge >= 0.3 is 0 Å². The lowest BCUT2D eigenvalue weighted by molar-refractivity contribution is 0.415. The fourth-order valence-electron chi connectivity index (χ4n) is 2.17. The van der Waals surface area contributed by atoms with Gasteiger partial charge in [-0.05, 0) is 54.1 Å². The molecule has 21 heavy (non-hydrogen) atoms. The molecule has 0 atom stereocenters. The molecule has 0 saturated carbocycles. The summed E-state index contributed by atoms with van der Waals surface area (Å²) in [6, 6.07) is 14.5. The molecule has 0 spiro atoms. The second-order valence-corrected chi connectivity index (χ2v) is 6.14. The fourth-order valence-corrected chi connectivity index (χ4v) is 2.17. The zero-order valence-electron chi connectivity index (χ0n) is 12.5. The second kappa shape index (κ2) is 5.26. The molecule has 1 N–H and O–H groups in total. The Kier molecular flexibility index (Phi) is 3.43. The molecule has 0 aliphatic heterocycles. The van der Waals surface area contributed by atoms with Crippen molar-refractivity contribution in [3.05, 3.63) is 48.3 Å². The highest BCUT2D eigenvalue weighted by Crippen LogP contribution is 2.18. The molecule has 0 amide bonds. The first-order valence-electron chi connectivity index (χ1n) is 7.04. The largest absolute Gasteiger partial charge is 0.305 e. The summed E-state index contributed by atoms with van der Waals surface area (Å²) in [6.45, 7) is 6.99. The highest BCUT2D eigenvalue weighted by atomic mass is 15.5. The van der Waals surface area contributed by atoms with Crippen LogP contribution in [0.15, 0.2) is 42.5 Å². The van der Waals surface area contributed by atoms with Gasteiger partial charge < -0.3 is 5.32 Å². The molecule has 1 aromatic heterocycles. The standard InChI is InChI=1S/C16H19N5/c1-16(2,3)17-11-15-18-19-20-21(15)14-9-8-12-6-4-5-7-13(12)10-14/h4-10,17H,11H2,1-3H3. The molecule has 5 nitrogen and oxygen atoms in total. The van der Waals surface area contributed by atoms with Gasteiger partial charge in [0.1, 0.15) is 0 Å². The Bertz CT molecular complexity index is 754. The molecule has 1 heterocycles. The van der Waals surface area contributed by atoms with Crippen LogP contribution in [-0.2, 0) is 6.54 Å². The van der Waals surface area contributed by atoms with E-state index in [2.05, 4.69) is 65.9 Å². The van der Waals surface area contributed by atoms with Gasteiger partial charge in [0.05, 0.1) is 12.2 Å². The molecule has 0 bridgehead atoms. The van der Waals surface area contributed by atoms with Crippen LogP contribution < -0.4 is 5.32 Å². The van der Waals surface area contributed by atoms with Gasteiger partial charge in [0.2, 0.25) is 0 Å². The summed E-state index contributed by atoms with van der Waals surface area (Å²) in [5.74, 6) is 0.806. The monoisotopic (exact) mass is 281 g/mol. The molecule has 0 saturated heterocycles. The van der Waals surface area contributed by atoms with E-state index in [9.17, 15) is 0 Å². The first-order valence-corrected chi connectivity index (χ1v) is 7.04. The minimum atomic E-state index is 0.0279. The normalized spacial score (nSPS) is 12.0. The summed E-state index contributed by atoms with van der Waals surface area (Å²) in [5, 5.41) is 17.8. The van der Waals surface area contributed by atoms with E-state index < -0.39 is 0 Å². The van der Waals surface area contributed by atoms with Gasteiger partial charge in [-0.15, -0.1) is 5.10 Å². The van der Waals surface area contributed by atoms with Crippen LogP contribution in [0.3, 0.4) is 0 Å². The SMILES string of the molecule is CC(C)(C)NCc1nnnn1-c1ccc2ccccc2c1. The highest BCUT2D eigenvalue weighted by Gasteiger charge is 2.13. The molecule has 5 heteroatoms. The zero-order chi connectivity index (χ0) is 14.9. The Labute approximate surface area is 124 Å². The smallest absolute Gasteiger partial charge is 0.170 e. The molecule has 3 aromatic rings. The van der Waals surface area contributed by atoms with Gasteiger partial charge in [-0.3, -0.25) is 0 Å². The Hall–Kier alpha value is -2.27. The molecule has 0 aliphatic carbocycles. The van der Waals surface area contributed by atoms with Crippen LogP contribution in [0.25, 0.3) is 16.5 Å². The number of benzene rings is 2. The van der Waals surface area contributed by atoms with Crippen LogP contribution in [0.2, 0.25) is 0 Å². The highest BCUT2D eigenvalue weighted by molar-refractivity contribution is 5.84. The van der Waals surface area contributed by atoms with Crippen molar-refractivity contribution >= 4 is 10.8 Å². The van der Waals surface area contributed by atoms with E-state index in [1.807, 2.05) is 18.2 Å². The third-order valence-corrected chi connectivity index (χ3v) is 3.29. The van der Waals surface area contributed by atoms with Crippen molar-refractivity contribution in [3.8, 4) is 5.69 Å². The van der Waals surface area contributed by atoms with E-state index in [1.54, 1.807) is 4.68 Å². The molecule has 0 unspecified atom stereocenters. The van der Waals surface area contributed by atoms with Gasteiger partial charge in [0.25, 0.3) is 0 Å². The summed E-state index contributed by atoms with van der Waals surface area (Å²) < 4.78 is 1.78. The maximum absolute atomic E-state index is 4.12. The molecule has 0 fully saturated rings. The topological polar surface area (TPSA) is 55.6 Å². The molecule has 3 rings (SSSR count). The lowest BCUT2D eigenvalue weighted by Gasteiger charge is -2.19. The van der Waals surface area contributed by atoms with Gasteiger partial charge in [-0.1, -0.05) is 30.3 Å². The fraction of sp³-hybridized carbons (Fsp3) is 0.312. The van der Waals surface area contributed by atoms with Crippen LogP contribution in [0.5, 0.6) is 0 Å². The van der Waals surface area contributed by atoms with Gasteiger partial charge in [-0.25, -0.2) is 0 Å². The van der Waals surface area contributed by atoms with Crippen LogP contribution >= 0.6 is 0 Å². The van der Waals surface area contributed by atoms with Crippen LogP contribution in [0, 0.1) is 0 Å². The maximum Gasteiger partial charge on any atom is 0.170 e. The average molecular weight is 281 g/mol. The summed E-state index contributed by atoms with van der Waals surface area (Å²) in [5.41, 5.74) is 1.00. The van der Waals surface area contributed by atoms with Crippen molar-refractivity contribution in [3.63, 3.8) is 0 Å². The molecular formula is C16H19N5. The predicted octanol–water partition coefficient (Wildman–Crippen LogP) is 2.70. The number of nitrogens with one attached hydrogen (secondary N) is 1. The number of fused-ring (bicyclic) bond motifs is 1. The zero-order valence-corrected chi connectivity index (χ0v) is 12.5. The van der Waals surface area contributed by atoms with Gasteiger partial charge in [0, 0.05) is 5.54 Å². The van der Waals surface area contributed by atoms with E-state index in [-0.39, 0.29) is 5.54 Å². The van der Waals surface area contributed by atoms with Crippen molar-refractivity contribution < 1.29 is 0 Å². The van der Waals surface area contributed by atoms with E-state index in [1.165, 1.54) is 10.8 Å². The number of tetrazole rings is 1. The third kappa shape index (κ3) is 3.08.